The summed E-state index contributed by atoms with van der Waals surface area (Å²) in [6.45, 7) is 3.57. The van der Waals surface area contributed by atoms with Crippen LogP contribution in [0.4, 0.5) is 0 Å². The minimum absolute atomic E-state index is 0.675. The van der Waals surface area contributed by atoms with Crippen LogP contribution < -0.4 is 5.32 Å². The third-order valence-corrected chi connectivity index (χ3v) is 3.19. The fraction of sp³-hybridized carbons (Fsp3) is 0.462. The van der Waals surface area contributed by atoms with Gasteiger partial charge in [0.15, 0.2) is 5.82 Å². The van der Waals surface area contributed by atoms with Crippen molar-refractivity contribution in [3.63, 3.8) is 0 Å². The standard InChI is InChI=1S/C13H17N5/c1-10-2-4-11(5-3-10)9-18-13(15-16-17-18)8-14-12-6-7-12/h2-5,12,14H,6-9H2,1H3. The average molecular weight is 243 g/mol. The van der Waals surface area contributed by atoms with E-state index >= 15 is 0 Å². The zero-order valence-electron chi connectivity index (χ0n) is 10.5. The SMILES string of the molecule is Cc1ccc(Cn2nnnc2CNC2CC2)cc1. The van der Waals surface area contributed by atoms with Crippen LogP contribution in [-0.4, -0.2) is 26.2 Å². The van der Waals surface area contributed by atoms with E-state index in [0.29, 0.717) is 6.04 Å². The summed E-state index contributed by atoms with van der Waals surface area (Å²) in [5.41, 5.74) is 2.49. The molecule has 2 aromatic rings. The first-order valence-electron chi connectivity index (χ1n) is 6.35. The van der Waals surface area contributed by atoms with Crippen molar-refractivity contribution in [3.05, 3.63) is 41.2 Å². The van der Waals surface area contributed by atoms with Crippen LogP contribution in [0.1, 0.15) is 29.8 Å². The summed E-state index contributed by atoms with van der Waals surface area (Å²) in [5, 5.41) is 15.3. The van der Waals surface area contributed by atoms with Crippen LogP contribution >= 0.6 is 0 Å². The van der Waals surface area contributed by atoms with Crippen molar-refractivity contribution < 1.29 is 0 Å². The molecule has 0 radical (unpaired) electrons. The Balaban J connectivity index is 1.67. The summed E-state index contributed by atoms with van der Waals surface area (Å²) >= 11 is 0. The molecule has 1 aromatic heterocycles. The number of rotatable bonds is 5. The Kier molecular flexibility index (Phi) is 3.06. The van der Waals surface area contributed by atoms with E-state index in [-0.39, 0.29) is 0 Å². The molecule has 0 spiro atoms. The van der Waals surface area contributed by atoms with Crippen LogP contribution in [0, 0.1) is 6.92 Å². The molecule has 18 heavy (non-hydrogen) atoms. The van der Waals surface area contributed by atoms with Crippen molar-refractivity contribution in [3.8, 4) is 0 Å². The van der Waals surface area contributed by atoms with E-state index in [1.165, 1.54) is 24.0 Å². The number of nitrogens with zero attached hydrogens (tertiary/aromatic N) is 4. The molecule has 94 valence electrons. The van der Waals surface area contributed by atoms with Crippen molar-refractivity contribution in [2.75, 3.05) is 0 Å². The number of aromatic nitrogens is 4. The van der Waals surface area contributed by atoms with E-state index in [0.717, 1.165) is 18.9 Å². The highest BCUT2D eigenvalue weighted by molar-refractivity contribution is 5.21. The molecule has 5 heteroatoms. The van der Waals surface area contributed by atoms with Crippen molar-refractivity contribution in [1.82, 2.24) is 25.5 Å². The Hall–Kier alpha value is -1.75. The smallest absolute Gasteiger partial charge is 0.165 e. The van der Waals surface area contributed by atoms with Gasteiger partial charge in [-0.1, -0.05) is 29.8 Å². The second kappa shape index (κ2) is 4.86. The van der Waals surface area contributed by atoms with Crippen LogP contribution in [-0.2, 0) is 13.1 Å². The van der Waals surface area contributed by atoms with Gasteiger partial charge in [0.25, 0.3) is 0 Å². The van der Waals surface area contributed by atoms with Gasteiger partial charge in [0, 0.05) is 6.04 Å². The second-order valence-corrected chi connectivity index (χ2v) is 4.89. The van der Waals surface area contributed by atoms with Gasteiger partial charge in [-0.3, -0.25) is 0 Å². The molecule has 0 atom stereocenters. The predicted octanol–water partition coefficient (Wildman–Crippen LogP) is 1.28. The summed E-state index contributed by atoms with van der Waals surface area (Å²) in [5.74, 6) is 0.905. The highest BCUT2D eigenvalue weighted by atomic mass is 15.5. The lowest BCUT2D eigenvalue weighted by Crippen LogP contribution is -2.19. The fourth-order valence-corrected chi connectivity index (χ4v) is 1.86. The maximum atomic E-state index is 4.07. The number of hydrogen-bond donors (Lipinski definition) is 1. The molecule has 1 N–H and O–H groups in total. The summed E-state index contributed by atoms with van der Waals surface area (Å²) in [6, 6.07) is 9.14. The predicted molar refractivity (Wildman–Crippen MR) is 68.0 cm³/mol. The maximum Gasteiger partial charge on any atom is 0.165 e. The molecule has 5 nitrogen and oxygen atoms in total. The first-order valence-corrected chi connectivity index (χ1v) is 6.35. The van der Waals surface area contributed by atoms with E-state index in [4.69, 9.17) is 0 Å². The zero-order chi connectivity index (χ0) is 12.4. The van der Waals surface area contributed by atoms with Gasteiger partial charge in [-0.2, -0.15) is 0 Å². The Bertz CT molecular complexity index is 512. The molecule has 1 saturated carbocycles. The minimum Gasteiger partial charge on any atom is -0.307 e. The number of hydrogen-bond acceptors (Lipinski definition) is 4. The largest absolute Gasteiger partial charge is 0.307 e. The first-order chi connectivity index (χ1) is 8.81. The molecule has 1 aromatic carbocycles. The van der Waals surface area contributed by atoms with Gasteiger partial charge in [-0.05, 0) is 35.8 Å². The molecule has 1 heterocycles. The average Bonchev–Trinajstić information content (AvgIpc) is 3.11. The van der Waals surface area contributed by atoms with Crippen molar-refractivity contribution >= 4 is 0 Å². The lowest BCUT2D eigenvalue weighted by molar-refractivity contribution is 0.577. The number of aryl methyl sites for hydroxylation is 1. The normalized spacial score (nSPS) is 14.9. The molecular weight excluding hydrogens is 226 g/mol. The highest BCUT2D eigenvalue weighted by Gasteiger charge is 2.21. The summed E-state index contributed by atoms with van der Waals surface area (Å²) in [7, 11) is 0. The van der Waals surface area contributed by atoms with E-state index in [9.17, 15) is 0 Å². The molecule has 1 fully saturated rings. The van der Waals surface area contributed by atoms with Gasteiger partial charge in [0.05, 0.1) is 13.1 Å². The maximum absolute atomic E-state index is 4.07. The van der Waals surface area contributed by atoms with Gasteiger partial charge < -0.3 is 5.32 Å². The topological polar surface area (TPSA) is 55.6 Å². The fourth-order valence-electron chi connectivity index (χ4n) is 1.86. The van der Waals surface area contributed by atoms with Crippen molar-refractivity contribution in [2.45, 2.75) is 38.9 Å². The second-order valence-electron chi connectivity index (χ2n) is 4.89. The van der Waals surface area contributed by atoms with Crippen LogP contribution in [0.25, 0.3) is 0 Å². The van der Waals surface area contributed by atoms with E-state index in [2.05, 4.69) is 52.0 Å². The zero-order valence-corrected chi connectivity index (χ0v) is 10.5. The van der Waals surface area contributed by atoms with Crippen molar-refractivity contribution in [1.29, 1.82) is 0 Å². The van der Waals surface area contributed by atoms with E-state index in [1.54, 1.807) is 0 Å². The molecule has 0 unspecified atom stereocenters. The Morgan fingerprint density at radius 1 is 1.28 bits per heavy atom. The molecule has 0 aliphatic heterocycles. The van der Waals surface area contributed by atoms with Gasteiger partial charge in [0.1, 0.15) is 0 Å². The summed E-state index contributed by atoms with van der Waals surface area (Å²) in [6.07, 6.45) is 2.55. The Labute approximate surface area is 106 Å². The molecule has 0 bridgehead atoms. The monoisotopic (exact) mass is 243 g/mol. The van der Waals surface area contributed by atoms with Crippen molar-refractivity contribution in [2.24, 2.45) is 0 Å². The third-order valence-electron chi connectivity index (χ3n) is 3.19. The minimum atomic E-state index is 0.675. The summed E-state index contributed by atoms with van der Waals surface area (Å²) in [4.78, 5) is 0. The van der Waals surface area contributed by atoms with Gasteiger partial charge in [-0.25, -0.2) is 4.68 Å². The molecule has 0 amide bonds. The lowest BCUT2D eigenvalue weighted by atomic mass is 10.1. The Morgan fingerprint density at radius 3 is 2.78 bits per heavy atom. The number of benzene rings is 1. The van der Waals surface area contributed by atoms with Gasteiger partial charge >= 0.3 is 0 Å². The molecule has 0 saturated heterocycles. The lowest BCUT2D eigenvalue weighted by Gasteiger charge is -2.05. The highest BCUT2D eigenvalue weighted by Crippen LogP contribution is 2.18. The van der Waals surface area contributed by atoms with Gasteiger partial charge in [0.2, 0.25) is 0 Å². The third kappa shape index (κ3) is 2.73. The molecular formula is C13H17N5. The quantitative estimate of drug-likeness (QED) is 0.859. The Morgan fingerprint density at radius 2 is 2.06 bits per heavy atom. The van der Waals surface area contributed by atoms with Gasteiger partial charge in [-0.15, -0.1) is 5.10 Å². The molecule has 1 aliphatic carbocycles. The number of tetrazole rings is 1. The van der Waals surface area contributed by atoms with Crippen LogP contribution in [0.2, 0.25) is 0 Å². The molecule has 1 aliphatic rings. The number of nitrogens with one attached hydrogen (secondary N) is 1. The van der Waals surface area contributed by atoms with E-state index < -0.39 is 0 Å². The van der Waals surface area contributed by atoms with E-state index in [1.807, 2.05) is 4.68 Å². The molecule has 3 rings (SSSR count). The van der Waals surface area contributed by atoms with Crippen LogP contribution in [0.3, 0.4) is 0 Å². The first kappa shape index (κ1) is 11.3. The van der Waals surface area contributed by atoms with Crippen LogP contribution in [0.15, 0.2) is 24.3 Å². The van der Waals surface area contributed by atoms with Crippen LogP contribution in [0.5, 0.6) is 0 Å². The summed E-state index contributed by atoms with van der Waals surface area (Å²) < 4.78 is 1.86.